The Bertz CT molecular complexity index is 1180. The molecule has 0 radical (unpaired) electrons. The average molecular weight is 503 g/mol. The number of halogens is 1. The van der Waals surface area contributed by atoms with Gasteiger partial charge in [-0.3, -0.25) is 9.52 Å². The van der Waals surface area contributed by atoms with Crippen LogP contribution in [0.1, 0.15) is 18.1 Å². The number of rotatable bonds is 7. The van der Waals surface area contributed by atoms with Gasteiger partial charge in [0.2, 0.25) is 0 Å². The molecule has 0 heterocycles. The molecule has 0 aliphatic rings. The van der Waals surface area contributed by atoms with Gasteiger partial charge in [0.05, 0.1) is 4.90 Å². The first-order chi connectivity index (χ1) is 14.6. The first-order valence-electron chi connectivity index (χ1n) is 9.57. The first-order valence-corrected chi connectivity index (χ1v) is 11.8. The van der Waals surface area contributed by atoms with Crippen LogP contribution in [-0.2, 0) is 14.8 Å². The summed E-state index contributed by atoms with van der Waals surface area (Å²) in [4.78, 5) is 12.6. The van der Waals surface area contributed by atoms with Crippen LogP contribution in [0.2, 0.25) is 0 Å². The van der Waals surface area contributed by atoms with Crippen LogP contribution in [0, 0.1) is 13.8 Å². The number of anilines is 2. The lowest BCUT2D eigenvalue weighted by Gasteiger charge is -2.17. The predicted octanol–water partition coefficient (Wildman–Crippen LogP) is 5.27. The molecule has 8 heteroatoms. The number of nitrogens with one attached hydrogen (secondary N) is 2. The second kappa shape index (κ2) is 9.53. The number of hydrogen-bond acceptors (Lipinski definition) is 4. The van der Waals surface area contributed by atoms with Gasteiger partial charge in [0.1, 0.15) is 5.75 Å². The molecule has 1 atom stereocenters. The lowest BCUT2D eigenvalue weighted by Crippen LogP contribution is -2.30. The van der Waals surface area contributed by atoms with E-state index in [4.69, 9.17) is 4.74 Å². The molecule has 0 unspecified atom stereocenters. The minimum atomic E-state index is -3.74. The summed E-state index contributed by atoms with van der Waals surface area (Å²) in [6, 6.07) is 18.5. The van der Waals surface area contributed by atoms with E-state index in [0.29, 0.717) is 17.1 Å². The van der Waals surface area contributed by atoms with Crippen molar-refractivity contribution in [1.29, 1.82) is 0 Å². The summed E-state index contributed by atoms with van der Waals surface area (Å²) in [6.07, 6.45) is -0.719. The van der Waals surface area contributed by atoms with E-state index in [2.05, 4.69) is 26.0 Å². The molecule has 0 saturated heterocycles. The van der Waals surface area contributed by atoms with Gasteiger partial charge < -0.3 is 10.1 Å². The fourth-order valence-corrected chi connectivity index (χ4v) is 4.19. The molecule has 0 aromatic heterocycles. The Morgan fingerprint density at radius 3 is 2.16 bits per heavy atom. The van der Waals surface area contributed by atoms with Crippen molar-refractivity contribution in [2.75, 3.05) is 10.0 Å². The maximum absolute atomic E-state index is 12.6. The van der Waals surface area contributed by atoms with Crippen molar-refractivity contribution in [2.24, 2.45) is 0 Å². The Morgan fingerprint density at radius 1 is 0.935 bits per heavy atom. The molecule has 162 valence electrons. The number of sulfonamides is 1. The summed E-state index contributed by atoms with van der Waals surface area (Å²) in [5.74, 6) is 0.317. The Balaban J connectivity index is 1.63. The first kappa shape index (κ1) is 22.8. The van der Waals surface area contributed by atoms with E-state index in [1.165, 1.54) is 24.3 Å². The number of amides is 1. The minimum absolute atomic E-state index is 0.0907. The van der Waals surface area contributed by atoms with E-state index < -0.39 is 16.1 Å². The Labute approximate surface area is 190 Å². The summed E-state index contributed by atoms with van der Waals surface area (Å²) in [7, 11) is -3.74. The average Bonchev–Trinajstić information content (AvgIpc) is 2.72. The van der Waals surface area contributed by atoms with Crippen LogP contribution in [0.25, 0.3) is 0 Å². The molecule has 1 amide bonds. The van der Waals surface area contributed by atoms with Crippen molar-refractivity contribution in [1.82, 2.24) is 0 Å². The molecule has 0 spiro atoms. The SMILES string of the molecule is Cc1ccc(O[C@H](C)C(=O)Nc2ccc(S(=O)(=O)Nc3ccc(Br)cc3)cc2)c(C)c1. The molecule has 2 N–H and O–H groups in total. The van der Waals surface area contributed by atoms with Crippen LogP contribution in [0.15, 0.2) is 76.1 Å². The number of aryl methyl sites for hydroxylation is 2. The van der Waals surface area contributed by atoms with E-state index in [1.807, 2.05) is 32.0 Å². The third-order valence-corrected chi connectivity index (χ3v) is 6.46. The van der Waals surface area contributed by atoms with Crippen LogP contribution >= 0.6 is 15.9 Å². The topological polar surface area (TPSA) is 84.5 Å². The van der Waals surface area contributed by atoms with Crippen LogP contribution in [0.4, 0.5) is 11.4 Å². The smallest absolute Gasteiger partial charge is 0.265 e. The summed E-state index contributed by atoms with van der Waals surface area (Å²) in [6.45, 7) is 5.58. The van der Waals surface area contributed by atoms with Gasteiger partial charge in [-0.2, -0.15) is 0 Å². The predicted molar refractivity (Wildman–Crippen MR) is 126 cm³/mol. The molecule has 3 aromatic carbocycles. The number of benzene rings is 3. The van der Waals surface area contributed by atoms with E-state index >= 15 is 0 Å². The zero-order chi connectivity index (χ0) is 22.6. The number of ether oxygens (including phenoxy) is 1. The van der Waals surface area contributed by atoms with E-state index in [-0.39, 0.29) is 10.8 Å². The molecular weight excluding hydrogens is 480 g/mol. The summed E-state index contributed by atoms with van der Waals surface area (Å²) in [5, 5.41) is 2.74. The maximum atomic E-state index is 12.6. The molecule has 6 nitrogen and oxygen atoms in total. The molecule has 0 bridgehead atoms. The van der Waals surface area contributed by atoms with E-state index in [9.17, 15) is 13.2 Å². The van der Waals surface area contributed by atoms with Crippen LogP contribution in [0.3, 0.4) is 0 Å². The molecular formula is C23H23BrN2O4S. The van der Waals surface area contributed by atoms with E-state index in [0.717, 1.165) is 15.6 Å². The molecule has 0 saturated carbocycles. The Hall–Kier alpha value is -2.84. The highest BCUT2D eigenvalue weighted by molar-refractivity contribution is 9.10. The zero-order valence-corrected chi connectivity index (χ0v) is 19.7. The summed E-state index contributed by atoms with van der Waals surface area (Å²) in [5.41, 5.74) is 3.00. The fraction of sp³-hybridized carbons (Fsp3) is 0.174. The molecule has 3 rings (SSSR count). The molecule has 0 fully saturated rings. The van der Waals surface area contributed by atoms with Crippen molar-refractivity contribution in [3.8, 4) is 5.75 Å². The van der Waals surface area contributed by atoms with Crippen molar-refractivity contribution >= 4 is 43.2 Å². The normalized spacial score (nSPS) is 12.1. The van der Waals surface area contributed by atoms with Crippen molar-refractivity contribution in [3.05, 3.63) is 82.3 Å². The van der Waals surface area contributed by atoms with Gasteiger partial charge in [-0.05, 0) is 80.9 Å². The molecule has 0 aliphatic carbocycles. The summed E-state index contributed by atoms with van der Waals surface area (Å²) < 4.78 is 34.3. The van der Waals surface area contributed by atoms with Crippen molar-refractivity contribution < 1.29 is 17.9 Å². The second-order valence-electron chi connectivity index (χ2n) is 7.16. The van der Waals surface area contributed by atoms with Gasteiger partial charge in [0.15, 0.2) is 6.10 Å². The zero-order valence-electron chi connectivity index (χ0n) is 17.3. The van der Waals surface area contributed by atoms with Gasteiger partial charge in [0.25, 0.3) is 15.9 Å². The van der Waals surface area contributed by atoms with Crippen molar-refractivity contribution in [2.45, 2.75) is 31.8 Å². The minimum Gasteiger partial charge on any atom is -0.481 e. The molecule has 3 aromatic rings. The van der Waals surface area contributed by atoms with Gasteiger partial charge >= 0.3 is 0 Å². The lowest BCUT2D eigenvalue weighted by molar-refractivity contribution is -0.122. The van der Waals surface area contributed by atoms with E-state index in [1.54, 1.807) is 31.2 Å². The summed E-state index contributed by atoms with van der Waals surface area (Å²) >= 11 is 3.31. The quantitative estimate of drug-likeness (QED) is 0.460. The largest absolute Gasteiger partial charge is 0.481 e. The highest BCUT2D eigenvalue weighted by Crippen LogP contribution is 2.22. The monoisotopic (exact) mass is 502 g/mol. The maximum Gasteiger partial charge on any atom is 0.265 e. The lowest BCUT2D eigenvalue weighted by atomic mass is 10.1. The van der Waals surface area contributed by atoms with Crippen LogP contribution in [-0.4, -0.2) is 20.4 Å². The van der Waals surface area contributed by atoms with Crippen molar-refractivity contribution in [3.63, 3.8) is 0 Å². The van der Waals surface area contributed by atoms with Gasteiger partial charge in [-0.15, -0.1) is 0 Å². The number of carbonyl (C=O) groups excluding carboxylic acids is 1. The molecule has 0 aliphatic heterocycles. The third-order valence-electron chi connectivity index (χ3n) is 4.53. The van der Waals surface area contributed by atoms with Gasteiger partial charge in [0, 0.05) is 15.8 Å². The highest BCUT2D eigenvalue weighted by atomic mass is 79.9. The van der Waals surface area contributed by atoms with Gasteiger partial charge in [-0.25, -0.2) is 8.42 Å². The van der Waals surface area contributed by atoms with Crippen LogP contribution < -0.4 is 14.8 Å². The second-order valence-corrected chi connectivity index (χ2v) is 9.75. The Morgan fingerprint density at radius 2 is 1.55 bits per heavy atom. The van der Waals surface area contributed by atoms with Gasteiger partial charge in [-0.1, -0.05) is 33.6 Å². The highest BCUT2D eigenvalue weighted by Gasteiger charge is 2.18. The third kappa shape index (κ3) is 6.08. The Kier molecular flexibility index (Phi) is 7.02. The van der Waals surface area contributed by atoms with Crippen LogP contribution in [0.5, 0.6) is 5.75 Å². The number of hydrogen-bond donors (Lipinski definition) is 2. The molecule has 31 heavy (non-hydrogen) atoms. The fourth-order valence-electron chi connectivity index (χ4n) is 2.87. The number of carbonyl (C=O) groups is 1. The standard InChI is InChI=1S/C23H23BrN2O4S/c1-15-4-13-22(16(2)14-15)30-17(3)23(27)25-19-9-11-21(12-10-19)31(28,29)26-20-7-5-18(24)6-8-20/h4-14,17,26H,1-3H3,(H,25,27)/t17-/m1/s1.